The highest BCUT2D eigenvalue weighted by Crippen LogP contribution is 2.49. The normalized spacial score (nSPS) is 20.9. The second kappa shape index (κ2) is 8.20. The van der Waals surface area contributed by atoms with Crippen LogP contribution in [0.2, 0.25) is 0 Å². The molecular weight excluding hydrogens is 380 g/mol. The Labute approximate surface area is 177 Å². The van der Waals surface area contributed by atoms with Crippen molar-refractivity contribution in [1.82, 2.24) is 20.0 Å². The fourth-order valence-electron chi connectivity index (χ4n) is 4.88. The third-order valence-corrected chi connectivity index (χ3v) is 6.60. The van der Waals surface area contributed by atoms with Crippen molar-refractivity contribution >= 4 is 11.8 Å². The maximum Gasteiger partial charge on any atom is 0.226 e. The molecule has 1 unspecified atom stereocenters. The zero-order chi connectivity index (χ0) is 21.3. The number of likely N-dealkylation sites (tertiary alicyclic amines) is 2. The van der Waals surface area contributed by atoms with Crippen LogP contribution < -0.4 is 0 Å². The van der Waals surface area contributed by atoms with E-state index in [1.54, 1.807) is 6.92 Å². The summed E-state index contributed by atoms with van der Waals surface area (Å²) in [4.78, 5) is 29.4. The first-order valence-corrected chi connectivity index (χ1v) is 10.8. The lowest BCUT2D eigenvalue weighted by atomic mass is 9.70. The first-order valence-electron chi connectivity index (χ1n) is 10.8. The van der Waals surface area contributed by atoms with Crippen LogP contribution in [0.15, 0.2) is 34.7 Å². The minimum absolute atomic E-state index is 0.0211. The zero-order valence-electron chi connectivity index (χ0n) is 18.0. The minimum atomic E-state index is -0.118. The molecule has 2 aliphatic rings. The molecule has 0 radical (unpaired) electrons. The molecule has 1 aromatic carbocycles. The predicted octanol–water partition coefficient (Wildman–Crippen LogP) is 2.81. The smallest absolute Gasteiger partial charge is 0.226 e. The number of nitrogens with zero attached hydrogens (tertiary/aromatic N) is 4. The molecule has 2 aliphatic heterocycles. The maximum atomic E-state index is 12.8. The molecule has 2 saturated heterocycles. The number of carbonyl (C=O) groups excluding carboxylic acids is 2. The highest BCUT2D eigenvalue weighted by atomic mass is 16.4. The van der Waals surface area contributed by atoms with Crippen LogP contribution >= 0.6 is 0 Å². The third kappa shape index (κ3) is 3.98. The first-order chi connectivity index (χ1) is 14.4. The van der Waals surface area contributed by atoms with Gasteiger partial charge in [-0.1, -0.05) is 44.2 Å². The molecule has 1 atom stereocenters. The van der Waals surface area contributed by atoms with E-state index in [1.165, 1.54) is 0 Å². The lowest BCUT2D eigenvalue weighted by Gasteiger charge is -2.41. The summed E-state index contributed by atoms with van der Waals surface area (Å²) >= 11 is 0. The molecule has 1 aromatic heterocycles. The maximum absolute atomic E-state index is 12.8. The molecule has 1 spiro atoms. The number of aryl methyl sites for hydroxylation is 1. The average molecular weight is 411 g/mol. The third-order valence-electron chi connectivity index (χ3n) is 6.60. The SMILES string of the molecule is Cc1nnc(C2CN(C(=O)C(C)C)CC23CCN(C(=O)Cc2ccccc2)CC3)o1. The molecule has 3 heterocycles. The predicted molar refractivity (Wildman–Crippen MR) is 112 cm³/mol. The van der Waals surface area contributed by atoms with Gasteiger partial charge in [-0.25, -0.2) is 0 Å². The highest BCUT2D eigenvalue weighted by molar-refractivity contribution is 5.79. The van der Waals surface area contributed by atoms with Gasteiger partial charge in [-0.3, -0.25) is 9.59 Å². The zero-order valence-corrected chi connectivity index (χ0v) is 18.0. The van der Waals surface area contributed by atoms with Gasteiger partial charge in [-0.05, 0) is 18.4 Å². The molecule has 2 fully saturated rings. The summed E-state index contributed by atoms with van der Waals surface area (Å²) < 4.78 is 5.80. The van der Waals surface area contributed by atoms with Crippen molar-refractivity contribution in [2.45, 2.75) is 46.0 Å². The molecule has 2 amide bonds. The fraction of sp³-hybridized carbons (Fsp3) is 0.565. The van der Waals surface area contributed by atoms with Crippen LogP contribution in [0.1, 0.15) is 50.0 Å². The van der Waals surface area contributed by atoms with Crippen molar-refractivity contribution < 1.29 is 14.0 Å². The number of hydrogen-bond acceptors (Lipinski definition) is 5. The van der Waals surface area contributed by atoms with Gasteiger partial charge in [0, 0.05) is 44.4 Å². The van der Waals surface area contributed by atoms with E-state index in [0.29, 0.717) is 44.4 Å². The topological polar surface area (TPSA) is 79.5 Å². The van der Waals surface area contributed by atoms with E-state index < -0.39 is 0 Å². The summed E-state index contributed by atoms with van der Waals surface area (Å²) in [6.07, 6.45) is 2.10. The Morgan fingerprint density at radius 1 is 1.13 bits per heavy atom. The fourth-order valence-corrected chi connectivity index (χ4v) is 4.88. The summed E-state index contributed by atoms with van der Waals surface area (Å²) in [5, 5.41) is 8.31. The standard InChI is InChI=1S/C23H30N4O3/c1-16(2)22(29)27-14-19(21-25-24-17(3)30-21)23(15-27)9-11-26(12-10-23)20(28)13-18-7-5-4-6-8-18/h4-8,16,19H,9-15H2,1-3H3. The van der Waals surface area contributed by atoms with E-state index in [9.17, 15) is 9.59 Å². The number of piperidine rings is 1. The van der Waals surface area contributed by atoms with Crippen LogP contribution in [-0.4, -0.2) is 58.0 Å². The largest absolute Gasteiger partial charge is 0.425 e. The van der Waals surface area contributed by atoms with Gasteiger partial charge in [0.15, 0.2) is 0 Å². The molecule has 160 valence electrons. The summed E-state index contributed by atoms with van der Waals surface area (Å²) in [5.74, 6) is 1.47. The first kappa shape index (κ1) is 20.6. The molecule has 0 N–H and O–H groups in total. The van der Waals surface area contributed by atoms with Crippen LogP contribution in [0.25, 0.3) is 0 Å². The Kier molecular flexibility index (Phi) is 5.62. The van der Waals surface area contributed by atoms with Gasteiger partial charge in [-0.2, -0.15) is 0 Å². The van der Waals surface area contributed by atoms with E-state index >= 15 is 0 Å². The molecule has 2 aromatic rings. The Bertz CT molecular complexity index is 900. The number of rotatable bonds is 4. The number of benzene rings is 1. The van der Waals surface area contributed by atoms with Crippen LogP contribution in [0.5, 0.6) is 0 Å². The van der Waals surface area contributed by atoms with Gasteiger partial charge < -0.3 is 14.2 Å². The van der Waals surface area contributed by atoms with Gasteiger partial charge in [0.05, 0.1) is 12.3 Å². The van der Waals surface area contributed by atoms with Gasteiger partial charge in [0.1, 0.15) is 0 Å². The van der Waals surface area contributed by atoms with Crippen molar-refractivity contribution in [2.24, 2.45) is 11.3 Å². The van der Waals surface area contributed by atoms with E-state index in [2.05, 4.69) is 10.2 Å². The number of hydrogen-bond donors (Lipinski definition) is 0. The summed E-state index contributed by atoms with van der Waals surface area (Å²) in [7, 11) is 0. The number of aromatic nitrogens is 2. The lowest BCUT2D eigenvalue weighted by Crippen LogP contribution is -2.46. The molecular formula is C23H30N4O3. The minimum Gasteiger partial charge on any atom is -0.425 e. The summed E-state index contributed by atoms with van der Waals surface area (Å²) in [6, 6.07) is 9.86. The quantitative estimate of drug-likeness (QED) is 0.774. The van der Waals surface area contributed by atoms with E-state index in [4.69, 9.17) is 4.42 Å². The lowest BCUT2D eigenvalue weighted by molar-refractivity contribution is -0.135. The summed E-state index contributed by atoms with van der Waals surface area (Å²) in [6.45, 7) is 8.35. The Morgan fingerprint density at radius 3 is 2.43 bits per heavy atom. The second-order valence-electron chi connectivity index (χ2n) is 8.99. The molecule has 7 nitrogen and oxygen atoms in total. The van der Waals surface area contributed by atoms with E-state index in [1.807, 2.05) is 54.0 Å². The van der Waals surface area contributed by atoms with E-state index in [-0.39, 0.29) is 29.1 Å². The highest BCUT2D eigenvalue weighted by Gasteiger charge is 2.52. The van der Waals surface area contributed by atoms with Crippen LogP contribution in [-0.2, 0) is 16.0 Å². The van der Waals surface area contributed by atoms with Crippen molar-refractivity contribution in [2.75, 3.05) is 26.2 Å². The van der Waals surface area contributed by atoms with Crippen molar-refractivity contribution in [1.29, 1.82) is 0 Å². The van der Waals surface area contributed by atoms with Gasteiger partial charge >= 0.3 is 0 Å². The van der Waals surface area contributed by atoms with Gasteiger partial charge in [-0.15, -0.1) is 10.2 Å². The molecule has 30 heavy (non-hydrogen) atoms. The molecule has 0 bridgehead atoms. The van der Waals surface area contributed by atoms with Crippen molar-refractivity contribution in [3.63, 3.8) is 0 Å². The number of carbonyl (C=O) groups is 2. The summed E-state index contributed by atoms with van der Waals surface area (Å²) in [5.41, 5.74) is 0.920. The second-order valence-corrected chi connectivity index (χ2v) is 8.99. The molecule has 0 aliphatic carbocycles. The van der Waals surface area contributed by atoms with Crippen LogP contribution in [0.3, 0.4) is 0 Å². The number of amides is 2. The average Bonchev–Trinajstić information content (AvgIpc) is 3.32. The van der Waals surface area contributed by atoms with Gasteiger partial charge in [0.25, 0.3) is 0 Å². The van der Waals surface area contributed by atoms with Gasteiger partial charge in [0.2, 0.25) is 23.6 Å². The van der Waals surface area contributed by atoms with Crippen molar-refractivity contribution in [3.8, 4) is 0 Å². The molecule has 0 saturated carbocycles. The molecule has 4 rings (SSSR count). The Balaban J connectivity index is 1.49. The Morgan fingerprint density at radius 2 is 1.83 bits per heavy atom. The van der Waals surface area contributed by atoms with Crippen LogP contribution in [0, 0.1) is 18.3 Å². The Hall–Kier alpha value is -2.70. The molecule has 7 heteroatoms. The monoisotopic (exact) mass is 410 g/mol. The van der Waals surface area contributed by atoms with Crippen molar-refractivity contribution in [3.05, 3.63) is 47.7 Å². The van der Waals surface area contributed by atoms with Crippen LogP contribution in [0.4, 0.5) is 0 Å². The van der Waals surface area contributed by atoms with E-state index in [0.717, 1.165) is 18.4 Å².